The number of hydrogen-bond donors (Lipinski definition) is 2. The van der Waals surface area contributed by atoms with E-state index in [1.165, 1.54) is 0 Å². The highest BCUT2D eigenvalue weighted by atomic mass is 79.9. The molecule has 0 aliphatic carbocycles. The second-order valence-corrected chi connectivity index (χ2v) is 5.60. The van der Waals surface area contributed by atoms with Gasteiger partial charge in [-0.15, -0.1) is 0 Å². The lowest BCUT2D eigenvalue weighted by Crippen LogP contribution is -2.13. The van der Waals surface area contributed by atoms with Gasteiger partial charge in [0.2, 0.25) is 0 Å². The van der Waals surface area contributed by atoms with E-state index in [2.05, 4.69) is 26.6 Å². The van der Waals surface area contributed by atoms with Crippen molar-refractivity contribution in [1.29, 1.82) is 0 Å². The first-order chi connectivity index (χ1) is 9.60. The molecule has 0 bridgehead atoms. The molecule has 0 aliphatic heterocycles. The highest BCUT2D eigenvalue weighted by molar-refractivity contribution is 9.10. The molecule has 2 N–H and O–H groups in total. The van der Waals surface area contributed by atoms with Crippen LogP contribution in [-0.4, -0.2) is 13.0 Å². The maximum atomic E-state index is 12.2. The lowest BCUT2D eigenvalue weighted by molar-refractivity contribution is 0.102. The van der Waals surface area contributed by atoms with Gasteiger partial charge in [0, 0.05) is 21.7 Å². The largest absolute Gasteiger partial charge is 0.322 e. The van der Waals surface area contributed by atoms with E-state index >= 15 is 0 Å². The number of amides is 1. The van der Waals surface area contributed by atoms with Crippen LogP contribution in [0.3, 0.4) is 0 Å². The van der Waals surface area contributed by atoms with Crippen molar-refractivity contribution in [2.24, 2.45) is 0 Å². The van der Waals surface area contributed by atoms with Gasteiger partial charge in [0.05, 0.1) is 5.56 Å². The molecule has 0 heterocycles. The quantitative estimate of drug-likeness (QED) is 0.870. The van der Waals surface area contributed by atoms with Gasteiger partial charge < -0.3 is 10.6 Å². The molecule has 2 aromatic carbocycles. The fraction of sp³-hybridized carbons (Fsp3) is 0.133. The van der Waals surface area contributed by atoms with Gasteiger partial charge in [0.1, 0.15) is 0 Å². The Hall–Kier alpha value is -1.36. The zero-order chi connectivity index (χ0) is 14.5. The summed E-state index contributed by atoms with van der Waals surface area (Å²) < 4.78 is 0.714. The molecular weight excluding hydrogens is 340 g/mol. The molecule has 0 spiro atoms. The third-order valence-corrected chi connectivity index (χ3v) is 3.67. The predicted octanol–water partition coefficient (Wildman–Crippen LogP) is 4.07. The zero-order valence-electron chi connectivity index (χ0n) is 10.9. The van der Waals surface area contributed by atoms with Crippen LogP contribution in [0.25, 0.3) is 0 Å². The third kappa shape index (κ3) is 3.82. The summed E-state index contributed by atoms with van der Waals surface area (Å²) in [5, 5.41) is 6.47. The summed E-state index contributed by atoms with van der Waals surface area (Å²) in [5.74, 6) is -0.194. The highest BCUT2D eigenvalue weighted by Gasteiger charge is 2.11. The van der Waals surface area contributed by atoms with Gasteiger partial charge in [0.25, 0.3) is 5.91 Å². The molecule has 0 saturated carbocycles. The van der Waals surface area contributed by atoms with Crippen molar-refractivity contribution in [2.75, 3.05) is 12.4 Å². The fourth-order valence-corrected chi connectivity index (χ4v) is 2.43. The van der Waals surface area contributed by atoms with E-state index in [0.717, 1.165) is 17.8 Å². The van der Waals surface area contributed by atoms with Crippen LogP contribution in [0.2, 0.25) is 5.02 Å². The van der Waals surface area contributed by atoms with E-state index in [-0.39, 0.29) is 5.91 Å². The molecule has 0 aromatic heterocycles. The summed E-state index contributed by atoms with van der Waals surface area (Å²) in [6, 6.07) is 12.8. The van der Waals surface area contributed by atoms with Crippen LogP contribution in [0.15, 0.2) is 46.9 Å². The second-order valence-electron chi connectivity index (χ2n) is 4.31. The van der Waals surface area contributed by atoms with Crippen LogP contribution in [-0.2, 0) is 6.54 Å². The summed E-state index contributed by atoms with van der Waals surface area (Å²) in [5.41, 5.74) is 2.38. The monoisotopic (exact) mass is 352 g/mol. The van der Waals surface area contributed by atoms with Gasteiger partial charge >= 0.3 is 0 Å². The Bertz CT molecular complexity index is 631. The summed E-state index contributed by atoms with van der Waals surface area (Å²) in [6.07, 6.45) is 0. The Morgan fingerprint density at radius 2 is 2.05 bits per heavy atom. The zero-order valence-corrected chi connectivity index (χ0v) is 13.3. The minimum Gasteiger partial charge on any atom is -0.322 e. The fourth-order valence-electron chi connectivity index (χ4n) is 1.83. The standard InChI is InChI=1S/C15H14BrClN2O/c1-18-9-10-3-2-4-12(7-10)19-15(20)13-8-11(17)5-6-14(13)16/h2-8,18H,9H2,1H3,(H,19,20). The summed E-state index contributed by atoms with van der Waals surface area (Å²) in [7, 11) is 1.88. The van der Waals surface area contributed by atoms with Crippen molar-refractivity contribution >= 4 is 39.1 Å². The normalized spacial score (nSPS) is 10.3. The van der Waals surface area contributed by atoms with Crippen molar-refractivity contribution in [3.63, 3.8) is 0 Å². The summed E-state index contributed by atoms with van der Waals surface area (Å²) >= 11 is 9.28. The Balaban J connectivity index is 2.19. The van der Waals surface area contributed by atoms with Gasteiger partial charge in [-0.25, -0.2) is 0 Å². The van der Waals surface area contributed by atoms with Crippen LogP contribution in [0, 0.1) is 0 Å². The maximum absolute atomic E-state index is 12.2. The molecule has 20 heavy (non-hydrogen) atoms. The molecule has 104 valence electrons. The number of carbonyl (C=O) groups is 1. The third-order valence-electron chi connectivity index (χ3n) is 2.74. The van der Waals surface area contributed by atoms with Crippen molar-refractivity contribution < 1.29 is 4.79 Å². The number of hydrogen-bond acceptors (Lipinski definition) is 2. The highest BCUT2D eigenvalue weighted by Crippen LogP contribution is 2.22. The van der Waals surface area contributed by atoms with Crippen molar-refractivity contribution in [1.82, 2.24) is 5.32 Å². The molecule has 0 saturated heterocycles. The maximum Gasteiger partial charge on any atom is 0.256 e. The van der Waals surface area contributed by atoms with Crippen molar-refractivity contribution in [3.8, 4) is 0 Å². The van der Waals surface area contributed by atoms with Gasteiger partial charge in [-0.3, -0.25) is 4.79 Å². The molecule has 0 radical (unpaired) electrons. The predicted molar refractivity (Wildman–Crippen MR) is 86.3 cm³/mol. The number of halogens is 2. The average molecular weight is 354 g/mol. The van der Waals surface area contributed by atoms with Gasteiger partial charge in [-0.2, -0.15) is 0 Å². The first-order valence-electron chi connectivity index (χ1n) is 6.10. The summed E-state index contributed by atoms with van der Waals surface area (Å²) in [4.78, 5) is 12.2. The van der Waals surface area contributed by atoms with E-state index in [4.69, 9.17) is 11.6 Å². The van der Waals surface area contributed by atoms with Gasteiger partial charge in [0.15, 0.2) is 0 Å². The molecular formula is C15H14BrClN2O. The van der Waals surface area contributed by atoms with Crippen LogP contribution in [0.4, 0.5) is 5.69 Å². The van der Waals surface area contributed by atoms with Gasteiger partial charge in [-0.05, 0) is 58.9 Å². The number of rotatable bonds is 4. The lowest BCUT2D eigenvalue weighted by Gasteiger charge is -2.09. The topological polar surface area (TPSA) is 41.1 Å². The second kappa shape index (κ2) is 6.88. The molecule has 2 rings (SSSR count). The Kier molecular flexibility index (Phi) is 5.17. The van der Waals surface area contributed by atoms with E-state index in [1.54, 1.807) is 18.2 Å². The van der Waals surface area contributed by atoms with Crippen LogP contribution >= 0.6 is 27.5 Å². The van der Waals surface area contributed by atoms with E-state index in [9.17, 15) is 4.79 Å². The first-order valence-corrected chi connectivity index (χ1v) is 7.27. The van der Waals surface area contributed by atoms with Crippen molar-refractivity contribution in [2.45, 2.75) is 6.54 Å². The van der Waals surface area contributed by atoms with Crippen LogP contribution < -0.4 is 10.6 Å². The van der Waals surface area contributed by atoms with Gasteiger partial charge in [-0.1, -0.05) is 23.7 Å². The number of nitrogens with one attached hydrogen (secondary N) is 2. The molecule has 2 aromatic rings. The Labute approximate surface area is 131 Å². The van der Waals surface area contributed by atoms with E-state index in [1.807, 2.05) is 31.3 Å². The van der Waals surface area contributed by atoms with E-state index < -0.39 is 0 Å². The molecule has 1 amide bonds. The van der Waals surface area contributed by atoms with E-state index in [0.29, 0.717) is 15.1 Å². The molecule has 0 atom stereocenters. The molecule has 0 aliphatic rings. The number of anilines is 1. The molecule has 3 nitrogen and oxygen atoms in total. The van der Waals surface area contributed by atoms with Crippen molar-refractivity contribution in [3.05, 3.63) is 63.1 Å². The molecule has 5 heteroatoms. The van der Waals surface area contributed by atoms with Crippen LogP contribution in [0.5, 0.6) is 0 Å². The Morgan fingerprint density at radius 3 is 2.80 bits per heavy atom. The molecule has 0 fully saturated rings. The summed E-state index contributed by atoms with van der Waals surface area (Å²) in [6.45, 7) is 0.755. The molecule has 0 unspecified atom stereocenters. The minimum absolute atomic E-state index is 0.194. The lowest BCUT2D eigenvalue weighted by atomic mass is 10.1. The minimum atomic E-state index is -0.194. The number of benzene rings is 2. The Morgan fingerprint density at radius 1 is 1.25 bits per heavy atom. The first kappa shape index (κ1) is 15.0. The van der Waals surface area contributed by atoms with Crippen LogP contribution in [0.1, 0.15) is 15.9 Å². The SMILES string of the molecule is CNCc1cccc(NC(=O)c2cc(Cl)ccc2Br)c1. The smallest absolute Gasteiger partial charge is 0.256 e. The average Bonchev–Trinajstić information content (AvgIpc) is 2.42. The number of carbonyl (C=O) groups excluding carboxylic acids is 1.